The van der Waals surface area contributed by atoms with E-state index in [1.54, 1.807) is 13.3 Å². The molecule has 72 valence electrons. The lowest BCUT2D eigenvalue weighted by Gasteiger charge is -2.06. The van der Waals surface area contributed by atoms with Crippen LogP contribution in [-0.4, -0.2) is 25.2 Å². The molecule has 13 heavy (non-hydrogen) atoms. The molecule has 0 fully saturated rings. The summed E-state index contributed by atoms with van der Waals surface area (Å²) in [6.07, 6.45) is 1.66. The Hall–Kier alpha value is -0.320. The minimum atomic E-state index is 0.472. The molecule has 0 aromatic carbocycles. The zero-order chi connectivity index (χ0) is 9.68. The first-order chi connectivity index (χ1) is 6.24. The van der Waals surface area contributed by atoms with Crippen molar-refractivity contribution >= 4 is 33.2 Å². The summed E-state index contributed by atoms with van der Waals surface area (Å²) in [6.45, 7) is 1.36. The first-order valence-corrected chi connectivity index (χ1v) is 4.95. The van der Waals surface area contributed by atoms with E-state index in [4.69, 9.17) is 16.3 Å². The predicted octanol–water partition coefficient (Wildman–Crippen LogP) is 2.56. The van der Waals surface area contributed by atoms with Crippen molar-refractivity contribution < 1.29 is 4.74 Å². The average molecular weight is 266 g/mol. The summed E-state index contributed by atoms with van der Waals surface area (Å²) < 4.78 is 5.80. The fourth-order valence-electron chi connectivity index (χ4n) is 0.834. The van der Waals surface area contributed by atoms with E-state index in [1.165, 1.54) is 0 Å². The quantitative estimate of drug-likeness (QED) is 0.671. The molecule has 1 rings (SSSR count). The van der Waals surface area contributed by atoms with Gasteiger partial charge in [-0.15, -0.1) is 0 Å². The van der Waals surface area contributed by atoms with Crippen LogP contribution in [-0.2, 0) is 4.74 Å². The number of anilines is 1. The second kappa shape index (κ2) is 5.42. The van der Waals surface area contributed by atoms with Crippen molar-refractivity contribution in [3.8, 4) is 0 Å². The Labute approximate surface area is 90.6 Å². The second-order valence-corrected chi connectivity index (χ2v) is 3.69. The highest BCUT2D eigenvalue weighted by Gasteiger charge is 2.00. The van der Waals surface area contributed by atoms with Gasteiger partial charge in [0.2, 0.25) is 0 Å². The van der Waals surface area contributed by atoms with Gasteiger partial charge in [0.25, 0.3) is 0 Å². The molecule has 1 heterocycles. The Morgan fingerprint density at radius 3 is 3.15 bits per heavy atom. The monoisotopic (exact) mass is 264 g/mol. The number of nitrogens with zero attached hydrogens (tertiary/aromatic N) is 1. The van der Waals surface area contributed by atoms with Crippen LogP contribution in [0.1, 0.15) is 0 Å². The van der Waals surface area contributed by atoms with Crippen LogP contribution in [0.2, 0.25) is 5.15 Å². The summed E-state index contributed by atoms with van der Waals surface area (Å²) in [7, 11) is 1.66. The Bertz CT molecular complexity index is 283. The number of rotatable bonds is 4. The molecule has 0 unspecified atom stereocenters. The fourth-order valence-corrected chi connectivity index (χ4v) is 1.34. The van der Waals surface area contributed by atoms with Gasteiger partial charge in [-0.1, -0.05) is 11.6 Å². The number of nitrogens with one attached hydrogen (secondary N) is 1. The highest BCUT2D eigenvalue weighted by atomic mass is 79.9. The van der Waals surface area contributed by atoms with Crippen molar-refractivity contribution in [1.82, 2.24) is 4.98 Å². The summed E-state index contributed by atoms with van der Waals surface area (Å²) >= 11 is 9.15. The van der Waals surface area contributed by atoms with Crippen LogP contribution in [0, 0.1) is 0 Å². The smallest absolute Gasteiger partial charge is 0.152 e. The van der Waals surface area contributed by atoms with E-state index >= 15 is 0 Å². The van der Waals surface area contributed by atoms with Crippen molar-refractivity contribution in [1.29, 1.82) is 0 Å². The summed E-state index contributed by atoms with van der Waals surface area (Å²) in [5, 5.41) is 3.58. The molecular weight excluding hydrogens is 255 g/mol. The van der Waals surface area contributed by atoms with Crippen LogP contribution < -0.4 is 5.32 Å². The minimum Gasteiger partial charge on any atom is -0.383 e. The number of methoxy groups -OCH3 is 1. The molecule has 0 spiro atoms. The van der Waals surface area contributed by atoms with Gasteiger partial charge >= 0.3 is 0 Å². The van der Waals surface area contributed by atoms with Gasteiger partial charge in [-0.05, 0) is 22.0 Å². The number of halogens is 2. The number of ether oxygens (including phenoxy) is 1. The molecule has 0 aliphatic rings. The number of hydrogen-bond donors (Lipinski definition) is 1. The molecule has 0 amide bonds. The van der Waals surface area contributed by atoms with E-state index in [9.17, 15) is 0 Å². The zero-order valence-corrected chi connectivity index (χ0v) is 9.52. The summed E-state index contributed by atoms with van der Waals surface area (Å²) in [6, 6.07) is 1.88. The Kier molecular flexibility index (Phi) is 4.48. The highest BCUT2D eigenvalue weighted by Crippen LogP contribution is 2.22. The lowest BCUT2D eigenvalue weighted by Crippen LogP contribution is -2.08. The van der Waals surface area contributed by atoms with Crippen molar-refractivity contribution in [3.63, 3.8) is 0 Å². The van der Waals surface area contributed by atoms with E-state index in [-0.39, 0.29) is 0 Å². The predicted molar refractivity (Wildman–Crippen MR) is 57.3 cm³/mol. The lowest BCUT2D eigenvalue weighted by molar-refractivity contribution is 0.211. The van der Waals surface area contributed by atoms with Gasteiger partial charge in [0.15, 0.2) is 5.15 Å². The van der Waals surface area contributed by atoms with Gasteiger partial charge in [0.1, 0.15) is 0 Å². The Morgan fingerprint density at radius 1 is 1.69 bits per heavy atom. The lowest BCUT2D eigenvalue weighted by atomic mass is 10.4. The molecule has 0 atom stereocenters. The maximum Gasteiger partial charge on any atom is 0.152 e. The third kappa shape index (κ3) is 3.50. The molecule has 0 aliphatic carbocycles. The molecular formula is C8H10BrClN2O. The van der Waals surface area contributed by atoms with E-state index in [2.05, 4.69) is 26.2 Å². The van der Waals surface area contributed by atoms with Crippen LogP contribution in [0.25, 0.3) is 0 Å². The van der Waals surface area contributed by atoms with Gasteiger partial charge in [-0.25, -0.2) is 4.98 Å². The van der Waals surface area contributed by atoms with Crippen molar-refractivity contribution in [3.05, 3.63) is 21.9 Å². The summed E-state index contributed by atoms with van der Waals surface area (Å²) in [5.74, 6) is 0. The maximum atomic E-state index is 5.84. The van der Waals surface area contributed by atoms with Crippen molar-refractivity contribution in [2.24, 2.45) is 0 Å². The first-order valence-electron chi connectivity index (χ1n) is 3.78. The van der Waals surface area contributed by atoms with E-state index in [0.717, 1.165) is 10.2 Å². The number of pyridine rings is 1. The van der Waals surface area contributed by atoms with E-state index in [0.29, 0.717) is 18.3 Å². The summed E-state index contributed by atoms with van der Waals surface area (Å²) in [5.41, 5.74) is 0.813. The normalized spacial score (nSPS) is 10.1. The van der Waals surface area contributed by atoms with Crippen LogP contribution in [0.15, 0.2) is 16.7 Å². The van der Waals surface area contributed by atoms with Gasteiger partial charge in [0, 0.05) is 24.3 Å². The van der Waals surface area contributed by atoms with Crippen LogP contribution in [0.3, 0.4) is 0 Å². The molecule has 1 aromatic heterocycles. The second-order valence-electron chi connectivity index (χ2n) is 2.41. The topological polar surface area (TPSA) is 34.1 Å². The SMILES string of the molecule is COCCNc1cc(Br)cnc1Cl. The van der Waals surface area contributed by atoms with Gasteiger partial charge in [0.05, 0.1) is 12.3 Å². The largest absolute Gasteiger partial charge is 0.383 e. The third-order valence-electron chi connectivity index (χ3n) is 1.43. The molecule has 0 saturated carbocycles. The molecule has 0 saturated heterocycles. The maximum absolute atomic E-state index is 5.84. The van der Waals surface area contributed by atoms with Gasteiger partial charge < -0.3 is 10.1 Å². The average Bonchev–Trinajstić information content (AvgIpc) is 2.11. The Morgan fingerprint density at radius 2 is 2.46 bits per heavy atom. The van der Waals surface area contributed by atoms with Crippen LogP contribution in [0.5, 0.6) is 0 Å². The number of hydrogen-bond acceptors (Lipinski definition) is 3. The number of aromatic nitrogens is 1. The van der Waals surface area contributed by atoms with Crippen molar-refractivity contribution in [2.45, 2.75) is 0 Å². The Balaban J connectivity index is 2.59. The molecule has 3 nitrogen and oxygen atoms in total. The van der Waals surface area contributed by atoms with Gasteiger partial charge in [-0.3, -0.25) is 0 Å². The van der Waals surface area contributed by atoms with Gasteiger partial charge in [-0.2, -0.15) is 0 Å². The fraction of sp³-hybridized carbons (Fsp3) is 0.375. The third-order valence-corrected chi connectivity index (χ3v) is 2.16. The zero-order valence-electron chi connectivity index (χ0n) is 7.18. The minimum absolute atomic E-state index is 0.472. The molecule has 0 aliphatic heterocycles. The van der Waals surface area contributed by atoms with Crippen LogP contribution >= 0.6 is 27.5 Å². The molecule has 1 N–H and O–H groups in total. The first kappa shape index (κ1) is 10.8. The molecule has 0 radical (unpaired) electrons. The molecule has 1 aromatic rings. The summed E-state index contributed by atoms with van der Waals surface area (Å²) in [4.78, 5) is 3.97. The molecule has 0 bridgehead atoms. The van der Waals surface area contributed by atoms with Crippen LogP contribution in [0.4, 0.5) is 5.69 Å². The highest BCUT2D eigenvalue weighted by molar-refractivity contribution is 9.10. The molecule has 5 heteroatoms. The standard InChI is InChI=1S/C8H10BrClN2O/c1-13-3-2-11-7-4-6(9)5-12-8(7)10/h4-5,11H,2-3H2,1H3. The van der Waals surface area contributed by atoms with E-state index in [1.807, 2.05) is 6.07 Å². The van der Waals surface area contributed by atoms with E-state index < -0.39 is 0 Å². The van der Waals surface area contributed by atoms with Crippen molar-refractivity contribution in [2.75, 3.05) is 25.6 Å².